The van der Waals surface area contributed by atoms with Crippen LogP contribution in [0.25, 0.3) is 0 Å². The number of sulfone groups is 1. The first-order valence-electron chi connectivity index (χ1n) is 5.01. The van der Waals surface area contributed by atoms with E-state index in [0.717, 1.165) is 6.54 Å². The van der Waals surface area contributed by atoms with Crippen LogP contribution in [0, 0.1) is 0 Å². The molecule has 0 aromatic carbocycles. The second kappa shape index (κ2) is 5.63. The van der Waals surface area contributed by atoms with Crippen molar-refractivity contribution >= 4 is 21.2 Å². The summed E-state index contributed by atoms with van der Waals surface area (Å²) in [4.78, 5) is 1.23. The molecule has 15 heavy (non-hydrogen) atoms. The Morgan fingerprint density at radius 3 is 2.80 bits per heavy atom. The molecular formula is C10H17NO2S2. The normalized spacial score (nSPS) is 14.0. The fraction of sp³-hybridized carbons (Fsp3) is 0.600. The molecule has 1 aromatic heterocycles. The zero-order valence-corrected chi connectivity index (χ0v) is 10.7. The van der Waals surface area contributed by atoms with E-state index in [4.69, 9.17) is 0 Å². The number of hydrogen-bond donors (Lipinski definition) is 1. The van der Waals surface area contributed by atoms with Crippen LogP contribution in [0.15, 0.2) is 17.5 Å². The van der Waals surface area contributed by atoms with Crippen molar-refractivity contribution in [1.82, 2.24) is 5.32 Å². The average molecular weight is 247 g/mol. The van der Waals surface area contributed by atoms with Gasteiger partial charge < -0.3 is 5.32 Å². The van der Waals surface area contributed by atoms with Crippen molar-refractivity contribution in [3.8, 4) is 0 Å². The highest BCUT2D eigenvalue weighted by molar-refractivity contribution is 7.92. The average Bonchev–Trinajstić information content (AvgIpc) is 2.70. The van der Waals surface area contributed by atoms with Crippen LogP contribution in [-0.2, 0) is 16.4 Å². The molecule has 3 nitrogen and oxygen atoms in total. The van der Waals surface area contributed by atoms with E-state index in [1.54, 1.807) is 25.2 Å². The molecule has 1 N–H and O–H groups in total. The van der Waals surface area contributed by atoms with Gasteiger partial charge in [0.05, 0.1) is 5.25 Å². The first kappa shape index (κ1) is 12.7. The predicted molar refractivity (Wildman–Crippen MR) is 64.9 cm³/mol. The lowest BCUT2D eigenvalue weighted by Crippen LogP contribution is -2.31. The van der Waals surface area contributed by atoms with Crippen LogP contribution < -0.4 is 5.32 Å². The van der Waals surface area contributed by atoms with E-state index < -0.39 is 9.84 Å². The van der Waals surface area contributed by atoms with Gasteiger partial charge >= 0.3 is 0 Å². The van der Waals surface area contributed by atoms with Crippen LogP contribution in [0.2, 0.25) is 0 Å². The first-order chi connectivity index (χ1) is 7.06. The number of hydrogen-bond acceptors (Lipinski definition) is 4. The van der Waals surface area contributed by atoms with Crippen molar-refractivity contribution in [2.45, 2.75) is 25.6 Å². The molecule has 0 saturated heterocycles. The van der Waals surface area contributed by atoms with Crippen molar-refractivity contribution in [3.05, 3.63) is 22.4 Å². The summed E-state index contributed by atoms with van der Waals surface area (Å²) in [6.45, 7) is 4.71. The van der Waals surface area contributed by atoms with E-state index in [0.29, 0.717) is 6.54 Å². The third kappa shape index (κ3) is 3.93. The second-order valence-corrected chi connectivity index (χ2v) is 7.21. The van der Waals surface area contributed by atoms with E-state index >= 15 is 0 Å². The van der Waals surface area contributed by atoms with Gasteiger partial charge in [-0.2, -0.15) is 0 Å². The van der Waals surface area contributed by atoms with Crippen LogP contribution in [0.4, 0.5) is 0 Å². The van der Waals surface area contributed by atoms with Gasteiger partial charge in [0.2, 0.25) is 0 Å². The highest BCUT2D eigenvalue weighted by Crippen LogP contribution is 2.08. The summed E-state index contributed by atoms with van der Waals surface area (Å²) in [6.07, 6.45) is 0. The smallest absolute Gasteiger partial charge is 0.153 e. The predicted octanol–water partition coefficient (Wildman–Crippen LogP) is 1.66. The maximum atomic E-state index is 11.5. The van der Waals surface area contributed by atoms with E-state index in [-0.39, 0.29) is 11.0 Å². The highest BCUT2D eigenvalue weighted by atomic mass is 32.2. The zero-order chi connectivity index (χ0) is 11.3. The number of thiophene rings is 1. The lowest BCUT2D eigenvalue weighted by Gasteiger charge is -2.11. The van der Waals surface area contributed by atoms with Crippen LogP contribution in [0.5, 0.6) is 0 Å². The maximum absolute atomic E-state index is 11.5. The van der Waals surface area contributed by atoms with Crippen molar-refractivity contribution in [3.63, 3.8) is 0 Å². The molecule has 1 heterocycles. The molecule has 0 aliphatic heterocycles. The zero-order valence-electron chi connectivity index (χ0n) is 9.06. The van der Waals surface area contributed by atoms with Gasteiger partial charge in [0.15, 0.2) is 9.84 Å². The molecule has 1 rings (SSSR count). The van der Waals surface area contributed by atoms with Gasteiger partial charge in [-0.1, -0.05) is 13.0 Å². The molecule has 0 amide bonds. The molecular weight excluding hydrogens is 230 g/mol. The maximum Gasteiger partial charge on any atom is 0.153 e. The second-order valence-electron chi connectivity index (χ2n) is 3.47. The molecule has 0 saturated carbocycles. The highest BCUT2D eigenvalue weighted by Gasteiger charge is 2.17. The van der Waals surface area contributed by atoms with Crippen LogP contribution in [0.3, 0.4) is 0 Å². The Labute approximate surface area is 95.4 Å². The molecule has 1 aromatic rings. The Morgan fingerprint density at radius 1 is 1.53 bits per heavy atom. The summed E-state index contributed by atoms with van der Waals surface area (Å²) in [7, 11) is -2.90. The van der Waals surface area contributed by atoms with Crippen molar-refractivity contribution < 1.29 is 8.42 Å². The number of rotatable bonds is 6. The Balaban J connectivity index is 2.32. The molecule has 86 valence electrons. The molecule has 1 unspecified atom stereocenters. The molecule has 0 bridgehead atoms. The lowest BCUT2D eigenvalue weighted by molar-refractivity contribution is 0.573. The van der Waals surface area contributed by atoms with Gasteiger partial charge in [-0.05, 0) is 18.4 Å². The van der Waals surface area contributed by atoms with Crippen LogP contribution in [-0.4, -0.2) is 26.0 Å². The Bertz CT molecular complexity index is 370. The molecule has 0 fully saturated rings. The van der Waals surface area contributed by atoms with Gasteiger partial charge in [-0.15, -0.1) is 11.3 Å². The summed E-state index contributed by atoms with van der Waals surface area (Å²) in [5, 5.41) is 4.87. The molecule has 1 atom stereocenters. The quantitative estimate of drug-likeness (QED) is 0.831. The van der Waals surface area contributed by atoms with Crippen LogP contribution >= 0.6 is 11.3 Å². The van der Waals surface area contributed by atoms with Gasteiger partial charge in [0.1, 0.15) is 0 Å². The van der Waals surface area contributed by atoms with Crippen molar-refractivity contribution in [2.75, 3.05) is 12.3 Å². The third-order valence-electron chi connectivity index (χ3n) is 2.33. The Morgan fingerprint density at radius 2 is 2.27 bits per heavy atom. The summed E-state index contributed by atoms with van der Waals surface area (Å²) in [6, 6.07) is 4.03. The lowest BCUT2D eigenvalue weighted by atomic mass is 10.4. The van der Waals surface area contributed by atoms with Gasteiger partial charge in [-0.3, -0.25) is 0 Å². The summed E-state index contributed by atoms with van der Waals surface area (Å²) in [5.74, 6) is 0.217. The third-order valence-corrected chi connectivity index (χ3v) is 5.40. The molecule has 0 aliphatic rings. The fourth-order valence-electron chi connectivity index (χ4n) is 1.22. The monoisotopic (exact) mass is 247 g/mol. The number of nitrogens with one attached hydrogen (secondary N) is 1. The van der Waals surface area contributed by atoms with Crippen LogP contribution in [0.1, 0.15) is 18.7 Å². The van der Waals surface area contributed by atoms with Gasteiger partial charge in [0, 0.05) is 23.7 Å². The molecule has 5 heteroatoms. The van der Waals surface area contributed by atoms with Crippen molar-refractivity contribution in [1.29, 1.82) is 0 Å². The van der Waals surface area contributed by atoms with E-state index in [1.165, 1.54) is 4.88 Å². The molecule has 0 radical (unpaired) electrons. The standard InChI is InChI=1S/C10H17NO2S2/c1-3-15(12,13)9(2)7-11-8-10-5-4-6-14-10/h4-6,9,11H,3,7-8H2,1-2H3. The summed E-state index contributed by atoms with van der Waals surface area (Å²) >= 11 is 1.68. The minimum absolute atomic E-state index is 0.217. The van der Waals surface area contributed by atoms with Crippen molar-refractivity contribution in [2.24, 2.45) is 0 Å². The summed E-state index contributed by atoms with van der Waals surface area (Å²) in [5.41, 5.74) is 0. The Kier molecular flexibility index (Phi) is 4.76. The SMILES string of the molecule is CCS(=O)(=O)C(C)CNCc1cccs1. The summed E-state index contributed by atoms with van der Waals surface area (Å²) < 4.78 is 22.9. The minimum Gasteiger partial charge on any atom is -0.311 e. The van der Waals surface area contributed by atoms with E-state index in [2.05, 4.69) is 5.32 Å². The fourth-order valence-corrected chi connectivity index (χ4v) is 2.84. The van der Waals surface area contributed by atoms with Gasteiger partial charge in [-0.25, -0.2) is 8.42 Å². The Hall–Kier alpha value is -0.390. The van der Waals surface area contributed by atoms with E-state index in [9.17, 15) is 8.42 Å². The largest absolute Gasteiger partial charge is 0.311 e. The minimum atomic E-state index is -2.90. The molecule has 0 spiro atoms. The van der Waals surface area contributed by atoms with Gasteiger partial charge in [0.25, 0.3) is 0 Å². The topological polar surface area (TPSA) is 46.2 Å². The first-order valence-corrected chi connectivity index (χ1v) is 7.60. The molecule has 0 aliphatic carbocycles. The van der Waals surface area contributed by atoms with E-state index in [1.807, 2.05) is 17.5 Å².